The van der Waals surface area contributed by atoms with Gasteiger partial charge in [-0.05, 0) is 23.4 Å². The SMILES string of the molecule is CC1(C)C(O)CC1NCc1ccsc1C(=O)O. The Balaban J connectivity index is 1.95. The maximum absolute atomic E-state index is 10.9. The molecule has 1 heterocycles. The van der Waals surface area contributed by atoms with Gasteiger partial charge in [-0.25, -0.2) is 4.79 Å². The van der Waals surface area contributed by atoms with Gasteiger partial charge in [0.15, 0.2) is 0 Å². The van der Waals surface area contributed by atoms with Crippen molar-refractivity contribution in [2.75, 3.05) is 0 Å². The van der Waals surface area contributed by atoms with Crippen molar-refractivity contribution in [1.29, 1.82) is 0 Å². The molecule has 1 aliphatic carbocycles. The first-order chi connectivity index (χ1) is 7.93. The Kier molecular flexibility index (Phi) is 3.25. The summed E-state index contributed by atoms with van der Waals surface area (Å²) in [5, 5.41) is 23.7. The van der Waals surface area contributed by atoms with E-state index in [0.717, 1.165) is 12.0 Å². The lowest BCUT2D eigenvalue weighted by Crippen LogP contribution is -2.59. The van der Waals surface area contributed by atoms with Crippen molar-refractivity contribution in [3.63, 3.8) is 0 Å². The van der Waals surface area contributed by atoms with Crippen LogP contribution >= 0.6 is 11.3 Å². The van der Waals surface area contributed by atoms with Crippen LogP contribution in [-0.4, -0.2) is 28.3 Å². The summed E-state index contributed by atoms with van der Waals surface area (Å²) in [5.41, 5.74) is 0.694. The van der Waals surface area contributed by atoms with Gasteiger partial charge < -0.3 is 15.5 Å². The number of thiophene rings is 1. The van der Waals surface area contributed by atoms with E-state index < -0.39 is 5.97 Å². The predicted molar refractivity (Wildman–Crippen MR) is 66.3 cm³/mol. The number of aromatic carboxylic acids is 1. The lowest BCUT2D eigenvalue weighted by atomic mass is 9.64. The van der Waals surface area contributed by atoms with E-state index in [4.69, 9.17) is 5.11 Å². The summed E-state index contributed by atoms with van der Waals surface area (Å²) >= 11 is 1.25. The van der Waals surface area contributed by atoms with E-state index in [1.807, 2.05) is 19.9 Å². The lowest BCUT2D eigenvalue weighted by Gasteiger charge is -2.49. The standard InChI is InChI=1S/C12H17NO3S/c1-12(2)8(5-9(12)14)13-6-7-3-4-17-10(7)11(15)16/h3-4,8-9,13-14H,5-6H2,1-2H3,(H,15,16). The van der Waals surface area contributed by atoms with Gasteiger partial charge in [0.1, 0.15) is 4.88 Å². The molecule has 0 radical (unpaired) electrons. The number of hydrogen-bond donors (Lipinski definition) is 3. The molecule has 0 aromatic carbocycles. The fourth-order valence-electron chi connectivity index (χ4n) is 2.14. The molecule has 3 N–H and O–H groups in total. The van der Waals surface area contributed by atoms with Crippen LogP contribution in [0.2, 0.25) is 0 Å². The van der Waals surface area contributed by atoms with Crippen LogP contribution in [0.5, 0.6) is 0 Å². The van der Waals surface area contributed by atoms with Crippen molar-refractivity contribution in [2.24, 2.45) is 5.41 Å². The van der Waals surface area contributed by atoms with Gasteiger partial charge in [-0.3, -0.25) is 0 Å². The maximum Gasteiger partial charge on any atom is 0.346 e. The van der Waals surface area contributed by atoms with Gasteiger partial charge >= 0.3 is 5.97 Å². The van der Waals surface area contributed by atoms with Gasteiger partial charge in [-0.15, -0.1) is 11.3 Å². The number of rotatable bonds is 4. The van der Waals surface area contributed by atoms with Gasteiger partial charge in [-0.1, -0.05) is 13.8 Å². The molecule has 0 aliphatic heterocycles. The van der Waals surface area contributed by atoms with Crippen molar-refractivity contribution < 1.29 is 15.0 Å². The third-order valence-electron chi connectivity index (χ3n) is 3.70. The molecule has 1 aliphatic rings. The van der Waals surface area contributed by atoms with Crippen molar-refractivity contribution in [1.82, 2.24) is 5.32 Å². The van der Waals surface area contributed by atoms with E-state index in [2.05, 4.69) is 5.32 Å². The number of nitrogens with one attached hydrogen (secondary N) is 1. The normalized spacial score (nSPS) is 26.5. The van der Waals surface area contributed by atoms with Gasteiger partial charge in [0, 0.05) is 18.0 Å². The molecule has 0 saturated heterocycles. The molecule has 0 spiro atoms. The van der Waals surface area contributed by atoms with Crippen LogP contribution in [0.3, 0.4) is 0 Å². The van der Waals surface area contributed by atoms with Crippen LogP contribution in [0.1, 0.15) is 35.5 Å². The minimum Gasteiger partial charge on any atom is -0.477 e. The number of aliphatic hydroxyl groups excluding tert-OH is 1. The van der Waals surface area contributed by atoms with Gasteiger partial charge in [0.2, 0.25) is 0 Å². The molecule has 2 atom stereocenters. The zero-order valence-electron chi connectivity index (χ0n) is 9.93. The van der Waals surface area contributed by atoms with E-state index in [1.165, 1.54) is 11.3 Å². The Bertz CT molecular complexity index is 427. The molecule has 4 nitrogen and oxygen atoms in total. The summed E-state index contributed by atoms with van der Waals surface area (Å²) in [5.74, 6) is -0.871. The van der Waals surface area contributed by atoms with E-state index >= 15 is 0 Å². The Hall–Kier alpha value is -0.910. The average Bonchev–Trinajstić information content (AvgIpc) is 2.72. The van der Waals surface area contributed by atoms with E-state index in [-0.39, 0.29) is 17.6 Å². The van der Waals surface area contributed by atoms with E-state index in [0.29, 0.717) is 11.4 Å². The molecule has 1 saturated carbocycles. The first-order valence-corrected chi connectivity index (χ1v) is 6.52. The minimum absolute atomic E-state index is 0.126. The zero-order valence-corrected chi connectivity index (χ0v) is 10.8. The van der Waals surface area contributed by atoms with Crippen LogP contribution in [0.25, 0.3) is 0 Å². The molecule has 2 unspecified atom stereocenters. The third kappa shape index (κ3) is 2.22. The van der Waals surface area contributed by atoms with Crippen molar-refractivity contribution in [2.45, 2.75) is 39.0 Å². The van der Waals surface area contributed by atoms with Crippen LogP contribution < -0.4 is 5.32 Å². The molecule has 17 heavy (non-hydrogen) atoms. The number of carboxylic acid groups (broad SMARTS) is 1. The highest BCUT2D eigenvalue weighted by molar-refractivity contribution is 7.12. The predicted octanol–water partition coefficient (Wildman–Crippen LogP) is 1.70. The first-order valence-electron chi connectivity index (χ1n) is 5.64. The monoisotopic (exact) mass is 255 g/mol. The number of aliphatic hydroxyl groups is 1. The summed E-state index contributed by atoms with van der Waals surface area (Å²) in [6.45, 7) is 4.58. The second-order valence-corrected chi connectivity index (χ2v) is 6.00. The highest BCUT2D eigenvalue weighted by Crippen LogP contribution is 2.40. The zero-order chi connectivity index (χ0) is 12.6. The lowest BCUT2D eigenvalue weighted by molar-refractivity contribution is -0.0729. The van der Waals surface area contributed by atoms with E-state index in [1.54, 1.807) is 5.38 Å². The van der Waals surface area contributed by atoms with Crippen molar-refractivity contribution in [3.8, 4) is 0 Å². The Morgan fingerprint density at radius 3 is 2.88 bits per heavy atom. The van der Waals surface area contributed by atoms with Crippen molar-refractivity contribution in [3.05, 3.63) is 21.9 Å². The van der Waals surface area contributed by atoms with Crippen LogP contribution in [-0.2, 0) is 6.54 Å². The molecular weight excluding hydrogens is 238 g/mol. The summed E-state index contributed by atoms with van der Waals surface area (Å²) < 4.78 is 0. The Morgan fingerprint density at radius 2 is 2.35 bits per heavy atom. The van der Waals surface area contributed by atoms with Gasteiger partial charge in [0.05, 0.1) is 6.10 Å². The fourth-order valence-corrected chi connectivity index (χ4v) is 2.91. The molecule has 0 amide bonds. The third-order valence-corrected chi connectivity index (χ3v) is 4.64. The molecule has 0 bridgehead atoms. The van der Waals surface area contributed by atoms with Crippen LogP contribution in [0.15, 0.2) is 11.4 Å². The Morgan fingerprint density at radius 1 is 1.65 bits per heavy atom. The van der Waals surface area contributed by atoms with Gasteiger partial charge in [0.25, 0.3) is 0 Å². The number of carbonyl (C=O) groups is 1. The highest BCUT2D eigenvalue weighted by Gasteiger charge is 2.46. The second kappa shape index (κ2) is 4.40. The first kappa shape index (κ1) is 12.5. The molecular formula is C12H17NO3S. The summed E-state index contributed by atoms with van der Waals surface area (Å²) in [6, 6.07) is 2.09. The molecule has 1 aromatic heterocycles. The minimum atomic E-state index is -0.871. The molecule has 94 valence electrons. The summed E-state index contributed by atoms with van der Waals surface area (Å²) in [7, 11) is 0. The topological polar surface area (TPSA) is 69.6 Å². The summed E-state index contributed by atoms with van der Waals surface area (Å²) in [4.78, 5) is 11.3. The van der Waals surface area contributed by atoms with Crippen molar-refractivity contribution >= 4 is 17.3 Å². The fraction of sp³-hybridized carbons (Fsp3) is 0.583. The smallest absolute Gasteiger partial charge is 0.346 e. The highest BCUT2D eigenvalue weighted by atomic mass is 32.1. The maximum atomic E-state index is 10.9. The molecule has 1 fully saturated rings. The summed E-state index contributed by atoms with van der Waals surface area (Å²) in [6.07, 6.45) is 0.473. The number of carboxylic acids is 1. The molecule has 1 aromatic rings. The second-order valence-electron chi connectivity index (χ2n) is 5.09. The number of hydrogen-bond acceptors (Lipinski definition) is 4. The Labute approximate surface area is 104 Å². The average molecular weight is 255 g/mol. The largest absolute Gasteiger partial charge is 0.477 e. The van der Waals surface area contributed by atoms with E-state index in [9.17, 15) is 9.90 Å². The quantitative estimate of drug-likeness (QED) is 0.766. The van der Waals surface area contributed by atoms with Gasteiger partial charge in [-0.2, -0.15) is 0 Å². The van der Waals surface area contributed by atoms with Crippen LogP contribution in [0.4, 0.5) is 0 Å². The molecule has 5 heteroatoms. The van der Waals surface area contributed by atoms with Crippen LogP contribution in [0, 0.1) is 5.41 Å². The molecule has 2 rings (SSSR count).